The van der Waals surface area contributed by atoms with Gasteiger partial charge in [0.05, 0.1) is 11.6 Å². The van der Waals surface area contributed by atoms with Gasteiger partial charge in [0.2, 0.25) is 0 Å². The van der Waals surface area contributed by atoms with Crippen LogP contribution in [0.4, 0.5) is 0 Å². The molecule has 0 aromatic heterocycles. The second kappa shape index (κ2) is 5.59. The van der Waals surface area contributed by atoms with Crippen molar-refractivity contribution in [3.8, 4) is 11.5 Å². The van der Waals surface area contributed by atoms with E-state index in [9.17, 15) is 5.11 Å². The molecule has 1 aliphatic heterocycles. The Hall–Kier alpha value is -0.260. The lowest BCUT2D eigenvalue weighted by Crippen LogP contribution is -2.27. The van der Waals surface area contributed by atoms with Gasteiger partial charge in [0.25, 0.3) is 0 Å². The van der Waals surface area contributed by atoms with E-state index in [0.29, 0.717) is 16.3 Å². The van der Waals surface area contributed by atoms with E-state index in [-0.39, 0.29) is 5.75 Å². The number of aromatic hydroxyl groups is 1. The van der Waals surface area contributed by atoms with Crippen molar-refractivity contribution in [2.75, 3.05) is 13.7 Å². The summed E-state index contributed by atoms with van der Waals surface area (Å²) in [5, 5.41) is 13.4. The molecule has 0 aliphatic carbocycles. The highest BCUT2D eigenvalue weighted by atomic mass is 79.9. The Labute approximate surface area is 118 Å². The van der Waals surface area contributed by atoms with Gasteiger partial charge in [0, 0.05) is 10.5 Å². The predicted molar refractivity (Wildman–Crippen MR) is 74.7 cm³/mol. The molecule has 1 fully saturated rings. The van der Waals surface area contributed by atoms with E-state index < -0.39 is 0 Å². The molecule has 1 aromatic rings. The fraction of sp³-hybridized carbons (Fsp3) is 0.500. The highest BCUT2D eigenvalue weighted by molar-refractivity contribution is 9.13. The molecular weight excluding hydrogens is 350 g/mol. The lowest BCUT2D eigenvalue weighted by molar-refractivity contribution is 0.366. The van der Waals surface area contributed by atoms with E-state index in [1.807, 2.05) is 6.07 Å². The average molecular weight is 365 g/mol. The monoisotopic (exact) mass is 363 g/mol. The lowest BCUT2D eigenvalue weighted by Gasteiger charge is -2.26. The quantitative estimate of drug-likeness (QED) is 0.839. The van der Waals surface area contributed by atoms with Crippen molar-refractivity contribution in [3.63, 3.8) is 0 Å². The van der Waals surface area contributed by atoms with Gasteiger partial charge < -0.3 is 15.2 Å². The van der Waals surface area contributed by atoms with Gasteiger partial charge in [-0.25, -0.2) is 0 Å². The zero-order chi connectivity index (χ0) is 12.4. The summed E-state index contributed by atoms with van der Waals surface area (Å²) in [7, 11) is 1.56. The van der Waals surface area contributed by atoms with E-state index >= 15 is 0 Å². The van der Waals surface area contributed by atoms with Crippen LogP contribution in [0.1, 0.15) is 30.9 Å². The number of hydrogen-bond acceptors (Lipinski definition) is 3. The molecule has 17 heavy (non-hydrogen) atoms. The number of nitrogens with one attached hydrogen (secondary N) is 1. The van der Waals surface area contributed by atoms with Gasteiger partial charge in [-0.15, -0.1) is 0 Å². The van der Waals surface area contributed by atoms with Crippen LogP contribution in [-0.2, 0) is 0 Å². The number of phenolic OH excluding ortho intramolecular Hbond substituents is 1. The van der Waals surface area contributed by atoms with Gasteiger partial charge in [-0.2, -0.15) is 0 Å². The summed E-state index contributed by atoms with van der Waals surface area (Å²) in [5.41, 5.74) is 1.13. The van der Waals surface area contributed by atoms with E-state index in [4.69, 9.17) is 4.74 Å². The first-order valence-corrected chi connectivity index (χ1v) is 7.22. The molecule has 0 radical (unpaired) electrons. The van der Waals surface area contributed by atoms with Crippen LogP contribution in [0.2, 0.25) is 0 Å². The first kappa shape index (κ1) is 13.2. The summed E-state index contributed by atoms with van der Waals surface area (Å²) in [6, 6.07) is 2.22. The Kier molecular flexibility index (Phi) is 4.33. The summed E-state index contributed by atoms with van der Waals surface area (Å²) in [6.07, 6.45) is 3.56. The Morgan fingerprint density at radius 3 is 2.71 bits per heavy atom. The van der Waals surface area contributed by atoms with Gasteiger partial charge >= 0.3 is 0 Å². The van der Waals surface area contributed by atoms with Crippen molar-refractivity contribution in [2.24, 2.45) is 0 Å². The molecule has 0 bridgehead atoms. The third kappa shape index (κ3) is 2.61. The van der Waals surface area contributed by atoms with Gasteiger partial charge in [0.1, 0.15) is 0 Å². The van der Waals surface area contributed by atoms with Crippen molar-refractivity contribution >= 4 is 31.9 Å². The van der Waals surface area contributed by atoms with Crippen LogP contribution in [0.15, 0.2) is 15.0 Å². The van der Waals surface area contributed by atoms with E-state index in [0.717, 1.165) is 23.0 Å². The molecule has 5 heteroatoms. The van der Waals surface area contributed by atoms with Gasteiger partial charge in [-0.3, -0.25) is 0 Å². The molecular formula is C12H15Br2NO2. The number of ether oxygens (including phenoxy) is 1. The maximum absolute atomic E-state index is 9.88. The van der Waals surface area contributed by atoms with Crippen molar-refractivity contribution in [2.45, 2.75) is 25.3 Å². The second-order valence-corrected chi connectivity index (χ2v) is 5.73. The number of halogens is 2. The van der Waals surface area contributed by atoms with Crippen LogP contribution in [0.3, 0.4) is 0 Å². The molecule has 0 spiro atoms. The minimum atomic E-state index is 0.138. The first-order valence-electron chi connectivity index (χ1n) is 5.63. The molecule has 1 aliphatic rings. The summed E-state index contributed by atoms with van der Waals surface area (Å²) < 4.78 is 6.73. The minimum Gasteiger partial charge on any atom is -0.503 e. The van der Waals surface area contributed by atoms with Crippen molar-refractivity contribution in [1.82, 2.24) is 5.32 Å². The van der Waals surface area contributed by atoms with Gasteiger partial charge in [0.15, 0.2) is 11.5 Å². The molecule has 1 heterocycles. The predicted octanol–water partition coefficient (Wildman–Crippen LogP) is 3.74. The Morgan fingerprint density at radius 2 is 2.12 bits per heavy atom. The second-order valence-electron chi connectivity index (χ2n) is 4.15. The maximum Gasteiger partial charge on any atom is 0.173 e. The number of hydrogen-bond donors (Lipinski definition) is 2. The number of piperidine rings is 1. The fourth-order valence-corrected chi connectivity index (χ4v) is 3.14. The number of phenols is 1. The zero-order valence-corrected chi connectivity index (χ0v) is 12.8. The molecule has 1 aromatic carbocycles. The van der Waals surface area contributed by atoms with Gasteiger partial charge in [-0.1, -0.05) is 6.42 Å². The fourth-order valence-electron chi connectivity index (χ4n) is 2.14. The third-order valence-corrected chi connectivity index (χ3v) is 5.24. The van der Waals surface area contributed by atoms with Crippen molar-refractivity contribution < 1.29 is 9.84 Å². The molecule has 1 atom stereocenters. The normalized spacial score (nSPS) is 20.3. The van der Waals surface area contributed by atoms with Crippen LogP contribution < -0.4 is 10.1 Å². The molecule has 3 nitrogen and oxygen atoms in total. The molecule has 2 N–H and O–H groups in total. The third-order valence-electron chi connectivity index (χ3n) is 3.08. The Bertz CT molecular complexity index is 417. The number of benzene rings is 1. The highest BCUT2D eigenvalue weighted by Crippen LogP contribution is 2.44. The average Bonchev–Trinajstić information content (AvgIpc) is 2.37. The van der Waals surface area contributed by atoms with Crippen LogP contribution in [0.25, 0.3) is 0 Å². The zero-order valence-electron chi connectivity index (χ0n) is 9.59. The molecule has 0 unspecified atom stereocenters. The van der Waals surface area contributed by atoms with E-state index in [1.54, 1.807) is 7.11 Å². The largest absolute Gasteiger partial charge is 0.503 e. The molecule has 0 saturated carbocycles. The molecule has 94 valence electrons. The maximum atomic E-state index is 9.88. The smallest absolute Gasteiger partial charge is 0.173 e. The topological polar surface area (TPSA) is 41.5 Å². The summed E-state index contributed by atoms with van der Waals surface area (Å²) in [6.45, 7) is 1.04. The van der Waals surface area contributed by atoms with Crippen LogP contribution in [-0.4, -0.2) is 18.8 Å². The first-order chi connectivity index (χ1) is 8.15. The molecule has 0 amide bonds. The lowest BCUT2D eigenvalue weighted by atomic mass is 9.97. The van der Waals surface area contributed by atoms with E-state index in [2.05, 4.69) is 37.2 Å². The number of methoxy groups -OCH3 is 1. The molecule has 1 saturated heterocycles. The summed E-state index contributed by atoms with van der Waals surface area (Å²) in [4.78, 5) is 0. The van der Waals surface area contributed by atoms with Crippen LogP contribution >= 0.6 is 31.9 Å². The highest BCUT2D eigenvalue weighted by Gasteiger charge is 2.22. The SMILES string of the molecule is COc1cc([C@H]2CCCCN2)c(Br)c(Br)c1O. The minimum absolute atomic E-state index is 0.138. The van der Waals surface area contributed by atoms with Crippen LogP contribution in [0, 0.1) is 0 Å². The van der Waals surface area contributed by atoms with E-state index in [1.165, 1.54) is 12.8 Å². The van der Waals surface area contributed by atoms with Crippen molar-refractivity contribution in [1.29, 1.82) is 0 Å². The van der Waals surface area contributed by atoms with Gasteiger partial charge in [-0.05, 0) is 62.9 Å². The Morgan fingerprint density at radius 1 is 1.35 bits per heavy atom. The summed E-state index contributed by atoms with van der Waals surface area (Å²) in [5.74, 6) is 0.640. The molecule has 2 rings (SSSR count). The number of rotatable bonds is 2. The van der Waals surface area contributed by atoms with Crippen molar-refractivity contribution in [3.05, 3.63) is 20.6 Å². The Balaban J connectivity index is 2.42. The summed E-state index contributed by atoms with van der Waals surface area (Å²) >= 11 is 6.91. The standard InChI is InChI=1S/C12H15Br2NO2/c1-17-9-6-7(8-4-2-3-5-15-8)10(13)11(14)12(9)16/h6,8,15-16H,2-5H2,1H3/t8-/m1/s1. The van der Waals surface area contributed by atoms with Crippen LogP contribution in [0.5, 0.6) is 11.5 Å².